The molecule has 30 heavy (non-hydrogen) atoms. The third kappa shape index (κ3) is 4.33. The number of fused-ring (bicyclic) bond motifs is 1. The van der Waals surface area contributed by atoms with Crippen LogP contribution in [-0.4, -0.2) is 24.0 Å². The van der Waals surface area contributed by atoms with E-state index in [1.807, 2.05) is 55.5 Å². The van der Waals surface area contributed by atoms with Gasteiger partial charge in [-0.25, -0.2) is 4.98 Å². The number of nitrogens with one attached hydrogen (secondary N) is 1. The lowest BCUT2D eigenvalue weighted by atomic mass is 9.94. The van der Waals surface area contributed by atoms with E-state index in [1.165, 1.54) is 32.1 Å². The van der Waals surface area contributed by atoms with Crippen molar-refractivity contribution in [3.05, 3.63) is 59.7 Å². The maximum absolute atomic E-state index is 13.5. The smallest absolute Gasteiger partial charge is 0.252 e. The van der Waals surface area contributed by atoms with Gasteiger partial charge in [-0.15, -0.1) is 0 Å². The Kier molecular flexibility index (Phi) is 6.32. The van der Waals surface area contributed by atoms with E-state index in [0.717, 1.165) is 51.9 Å². The molecule has 1 aliphatic carbocycles. The number of hydrogen-bond acceptors (Lipinski definition) is 3. The summed E-state index contributed by atoms with van der Waals surface area (Å²) in [5.41, 5.74) is 4.34. The van der Waals surface area contributed by atoms with Gasteiger partial charge in [-0.05, 0) is 55.7 Å². The summed E-state index contributed by atoms with van der Waals surface area (Å²) in [7, 11) is 1.66. The van der Waals surface area contributed by atoms with Crippen molar-refractivity contribution in [2.24, 2.45) is 0 Å². The number of pyridine rings is 1. The first-order valence-electron chi connectivity index (χ1n) is 11.0. The monoisotopic (exact) mass is 402 g/mol. The largest absolute Gasteiger partial charge is 0.497 e. The highest BCUT2D eigenvalue weighted by Crippen LogP contribution is 2.31. The summed E-state index contributed by atoms with van der Waals surface area (Å²) in [5, 5.41) is 4.26. The fourth-order valence-corrected chi connectivity index (χ4v) is 4.49. The van der Waals surface area contributed by atoms with Crippen molar-refractivity contribution in [2.45, 2.75) is 57.9 Å². The van der Waals surface area contributed by atoms with Crippen LogP contribution in [0, 0.1) is 6.92 Å². The molecule has 1 N–H and O–H groups in total. The van der Waals surface area contributed by atoms with Crippen LogP contribution in [0.15, 0.2) is 48.5 Å². The summed E-state index contributed by atoms with van der Waals surface area (Å²) in [4.78, 5) is 18.4. The number of ether oxygens (including phenoxy) is 1. The van der Waals surface area contributed by atoms with Gasteiger partial charge in [-0.3, -0.25) is 4.79 Å². The lowest BCUT2D eigenvalue weighted by Crippen LogP contribution is -2.35. The fraction of sp³-hybridized carbons (Fsp3) is 0.385. The number of para-hydroxylation sites is 1. The third-order valence-corrected chi connectivity index (χ3v) is 6.17. The number of carbonyl (C=O) groups excluding carboxylic acids is 1. The van der Waals surface area contributed by atoms with E-state index < -0.39 is 0 Å². The molecule has 0 spiro atoms. The number of aromatic nitrogens is 1. The Morgan fingerprint density at radius 3 is 2.33 bits per heavy atom. The molecule has 0 unspecified atom stereocenters. The van der Waals surface area contributed by atoms with E-state index in [9.17, 15) is 4.79 Å². The Morgan fingerprint density at radius 2 is 1.63 bits per heavy atom. The second kappa shape index (κ2) is 9.29. The van der Waals surface area contributed by atoms with Gasteiger partial charge in [-0.2, -0.15) is 0 Å². The number of methoxy groups -OCH3 is 1. The Labute approximate surface area is 178 Å². The second-order valence-electron chi connectivity index (χ2n) is 8.22. The minimum Gasteiger partial charge on any atom is -0.497 e. The first kappa shape index (κ1) is 20.4. The van der Waals surface area contributed by atoms with E-state index in [1.54, 1.807) is 7.11 Å². The molecule has 4 heteroatoms. The minimum absolute atomic E-state index is 0.0198. The van der Waals surface area contributed by atoms with Crippen molar-refractivity contribution in [1.82, 2.24) is 10.3 Å². The number of amides is 1. The predicted octanol–water partition coefficient (Wildman–Crippen LogP) is 6.06. The van der Waals surface area contributed by atoms with Crippen molar-refractivity contribution in [1.29, 1.82) is 0 Å². The fourth-order valence-electron chi connectivity index (χ4n) is 4.49. The van der Waals surface area contributed by atoms with Crippen LogP contribution >= 0.6 is 0 Å². The Bertz CT molecular complexity index is 1020. The highest BCUT2D eigenvalue weighted by Gasteiger charge is 2.21. The van der Waals surface area contributed by atoms with Gasteiger partial charge in [0.1, 0.15) is 5.75 Å². The van der Waals surface area contributed by atoms with Gasteiger partial charge in [-0.1, -0.05) is 50.3 Å². The zero-order valence-electron chi connectivity index (χ0n) is 17.9. The molecule has 1 aliphatic rings. The van der Waals surface area contributed by atoms with Crippen molar-refractivity contribution < 1.29 is 9.53 Å². The Morgan fingerprint density at radius 1 is 0.967 bits per heavy atom. The first-order chi connectivity index (χ1) is 14.7. The molecule has 0 atom stereocenters. The molecule has 1 heterocycles. The zero-order valence-corrected chi connectivity index (χ0v) is 17.9. The van der Waals surface area contributed by atoms with Gasteiger partial charge in [0.2, 0.25) is 0 Å². The molecule has 4 nitrogen and oxygen atoms in total. The molecule has 4 rings (SSSR count). The molecule has 1 aromatic heterocycles. The summed E-state index contributed by atoms with van der Waals surface area (Å²) >= 11 is 0. The van der Waals surface area contributed by atoms with Crippen molar-refractivity contribution in [2.75, 3.05) is 7.11 Å². The maximum atomic E-state index is 13.5. The van der Waals surface area contributed by atoms with Crippen LogP contribution in [-0.2, 0) is 0 Å². The van der Waals surface area contributed by atoms with E-state index in [-0.39, 0.29) is 11.9 Å². The minimum atomic E-state index is 0.0198. The normalized spacial score (nSPS) is 15.4. The molecule has 0 radical (unpaired) electrons. The van der Waals surface area contributed by atoms with Gasteiger partial charge < -0.3 is 10.1 Å². The third-order valence-electron chi connectivity index (χ3n) is 6.17. The van der Waals surface area contributed by atoms with Crippen LogP contribution in [0.2, 0.25) is 0 Å². The molecule has 1 saturated carbocycles. The molecule has 1 fully saturated rings. The van der Waals surface area contributed by atoms with Gasteiger partial charge in [0.05, 0.1) is 23.9 Å². The average molecular weight is 403 g/mol. The van der Waals surface area contributed by atoms with Gasteiger partial charge in [0.25, 0.3) is 5.91 Å². The number of carbonyl (C=O) groups is 1. The second-order valence-corrected chi connectivity index (χ2v) is 8.22. The number of hydrogen-bond donors (Lipinski definition) is 1. The standard InChI is InChI=1S/C26H30N2O2/c1-18-24(26(29)27-20-10-6-4-3-5-7-11-20)22-12-8-9-13-23(22)28-25(18)19-14-16-21(30-2)17-15-19/h8-9,12-17,20H,3-7,10-11H2,1-2H3,(H,27,29). The quantitative estimate of drug-likeness (QED) is 0.577. The van der Waals surface area contributed by atoms with E-state index in [2.05, 4.69) is 5.32 Å². The van der Waals surface area contributed by atoms with Crippen LogP contribution < -0.4 is 10.1 Å². The van der Waals surface area contributed by atoms with E-state index >= 15 is 0 Å². The van der Waals surface area contributed by atoms with Crippen LogP contribution in [0.4, 0.5) is 0 Å². The van der Waals surface area contributed by atoms with Crippen LogP contribution in [0.1, 0.15) is 60.9 Å². The molecule has 1 amide bonds. The molecular formula is C26H30N2O2. The van der Waals surface area contributed by atoms with Crippen molar-refractivity contribution >= 4 is 16.8 Å². The van der Waals surface area contributed by atoms with Gasteiger partial charge in [0.15, 0.2) is 0 Å². The van der Waals surface area contributed by atoms with Crippen LogP contribution in [0.3, 0.4) is 0 Å². The number of benzene rings is 2. The topological polar surface area (TPSA) is 51.2 Å². The highest BCUT2D eigenvalue weighted by molar-refractivity contribution is 6.09. The molecule has 156 valence electrons. The molecule has 0 saturated heterocycles. The summed E-state index contributed by atoms with van der Waals surface area (Å²) in [6.07, 6.45) is 8.38. The van der Waals surface area contributed by atoms with Crippen LogP contribution in [0.25, 0.3) is 22.2 Å². The van der Waals surface area contributed by atoms with Crippen molar-refractivity contribution in [3.63, 3.8) is 0 Å². The van der Waals surface area contributed by atoms with E-state index in [4.69, 9.17) is 9.72 Å². The highest BCUT2D eigenvalue weighted by atomic mass is 16.5. The summed E-state index contributed by atoms with van der Waals surface area (Å²) in [6.45, 7) is 2.01. The van der Waals surface area contributed by atoms with Crippen molar-refractivity contribution in [3.8, 4) is 17.0 Å². The molecule has 2 aromatic carbocycles. The first-order valence-corrected chi connectivity index (χ1v) is 11.0. The lowest BCUT2D eigenvalue weighted by molar-refractivity contribution is 0.0931. The summed E-state index contributed by atoms with van der Waals surface area (Å²) < 4.78 is 5.29. The molecule has 3 aromatic rings. The summed E-state index contributed by atoms with van der Waals surface area (Å²) in [5.74, 6) is 0.825. The lowest BCUT2D eigenvalue weighted by Gasteiger charge is -2.22. The van der Waals surface area contributed by atoms with Gasteiger partial charge in [0, 0.05) is 17.0 Å². The van der Waals surface area contributed by atoms with Gasteiger partial charge >= 0.3 is 0 Å². The molecular weight excluding hydrogens is 372 g/mol. The Hall–Kier alpha value is -2.88. The number of rotatable bonds is 4. The van der Waals surface area contributed by atoms with Crippen LogP contribution in [0.5, 0.6) is 5.75 Å². The number of nitrogens with zero attached hydrogens (tertiary/aromatic N) is 1. The SMILES string of the molecule is COc1ccc(-c2nc3ccccc3c(C(=O)NC3CCCCCCC3)c2C)cc1. The molecule has 0 aliphatic heterocycles. The zero-order chi connectivity index (χ0) is 20.9. The molecule has 0 bridgehead atoms. The maximum Gasteiger partial charge on any atom is 0.252 e. The Balaban J connectivity index is 1.73. The predicted molar refractivity (Wildman–Crippen MR) is 122 cm³/mol. The van der Waals surface area contributed by atoms with E-state index in [0.29, 0.717) is 0 Å². The summed E-state index contributed by atoms with van der Waals surface area (Å²) in [6, 6.07) is 16.0. The average Bonchev–Trinajstić information content (AvgIpc) is 2.75.